The van der Waals surface area contributed by atoms with Gasteiger partial charge in [0.05, 0.1) is 33.2 Å². The summed E-state index contributed by atoms with van der Waals surface area (Å²) in [6.45, 7) is 0. The molecule has 0 aliphatic rings. The molecule has 1 amide bonds. The summed E-state index contributed by atoms with van der Waals surface area (Å²) < 4.78 is 28.8. The minimum Gasteiger partial charge on any atom is -0.496 e. The van der Waals surface area contributed by atoms with Gasteiger partial charge in [-0.25, -0.2) is 9.82 Å². The molecule has 0 atom stereocenters. The predicted molar refractivity (Wildman–Crippen MR) is 105 cm³/mol. The number of aromatic nitrogens is 2. The van der Waals surface area contributed by atoms with Crippen LogP contribution in [-0.2, 0) is 0 Å². The largest absolute Gasteiger partial charge is 0.496 e. The first-order chi connectivity index (χ1) is 14.0. The van der Waals surface area contributed by atoms with Gasteiger partial charge in [0, 0.05) is 17.2 Å². The Labute approximate surface area is 166 Å². The summed E-state index contributed by atoms with van der Waals surface area (Å²) in [6.07, 6.45) is 1.43. The highest BCUT2D eigenvalue weighted by Gasteiger charge is 2.12. The number of ether oxygens (including phenoxy) is 3. The summed E-state index contributed by atoms with van der Waals surface area (Å²) in [4.78, 5) is 12.3. The maximum Gasteiger partial charge on any atom is 0.289 e. The first-order valence-electron chi connectivity index (χ1n) is 8.50. The van der Waals surface area contributed by atoms with Gasteiger partial charge in [-0.3, -0.25) is 9.89 Å². The van der Waals surface area contributed by atoms with Gasteiger partial charge in [0.2, 0.25) is 0 Å². The van der Waals surface area contributed by atoms with Gasteiger partial charge in [-0.1, -0.05) is 0 Å². The van der Waals surface area contributed by atoms with Crippen molar-refractivity contribution < 1.29 is 23.4 Å². The molecule has 0 fully saturated rings. The van der Waals surface area contributed by atoms with E-state index in [-0.39, 0.29) is 11.5 Å². The average Bonchev–Trinajstić information content (AvgIpc) is 3.24. The third-order valence-corrected chi connectivity index (χ3v) is 4.07. The third kappa shape index (κ3) is 4.52. The zero-order valence-corrected chi connectivity index (χ0v) is 16.0. The highest BCUT2D eigenvalue weighted by Crippen LogP contribution is 2.33. The number of H-pyrrole nitrogens is 1. The topological polar surface area (TPSA) is 97.8 Å². The average molecular weight is 398 g/mol. The van der Waals surface area contributed by atoms with Crippen molar-refractivity contribution in [3.8, 4) is 28.5 Å². The van der Waals surface area contributed by atoms with Crippen LogP contribution in [0.1, 0.15) is 16.1 Å². The highest BCUT2D eigenvalue weighted by atomic mass is 19.1. The van der Waals surface area contributed by atoms with E-state index in [4.69, 9.17) is 14.2 Å². The van der Waals surface area contributed by atoms with Crippen LogP contribution in [0, 0.1) is 5.82 Å². The molecule has 8 nitrogen and oxygen atoms in total. The number of halogens is 1. The maximum absolute atomic E-state index is 13.0. The van der Waals surface area contributed by atoms with Crippen molar-refractivity contribution in [3.63, 3.8) is 0 Å². The smallest absolute Gasteiger partial charge is 0.289 e. The quantitative estimate of drug-likeness (QED) is 0.471. The molecule has 0 bridgehead atoms. The molecule has 1 heterocycles. The fraction of sp³-hybridized carbons (Fsp3) is 0.150. The molecule has 0 saturated carbocycles. The van der Waals surface area contributed by atoms with Gasteiger partial charge >= 0.3 is 0 Å². The molecule has 3 aromatic rings. The molecule has 2 aromatic carbocycles. The predicted octanol–water partition coefficient (Wildman–Crippen LogP) is 3.01. The van der Waals surface area contributed by atoms with Crippen LogP contribution in [0.15, 0.2) is 47.6 Å². The lowest BCUT2D eigenvalue weighted by molar-refractivity contribution is 0.0950. The fourth-order valence-corrected chi connectivity index (χ4v) is 2.58. The standard InChI is InChI=1S/C20H19FN4O4/c1-27-17-10-19(29-3)18(28-2)8-13(17)11-22-25-20(26)16-9-15(23-24-16)12-4-6-14(21)7-5-12/h4-11H,1-3H3,(H,23,24)(H,25,26). The van der Waals surface area contributed by atoms with Crippen LogP contribution in [0.3, 0.4) is 0 Å². The Balaban J connectivity index is 1.72. The van der Waals surface area contributed by atoms with Crippen LogP contribution in [0.5, 0.6) is 17.2 Å². The zero-order valence-electron chi connectivity index (χ0n) is 16.0. The molecule has 29 heavy (non-hydrogen) atoms. The van der Waals surface area contributed by atoms with Gasteiger partial charge in [-0.2, -0.15) is 10.2 Å². The molecule has 0 radical (unpaired) electrons. The van der Waals surface area contributed by atoms with Gasteiger partial charge in [-0.15, -0.1) is 0 Å². The van der Waals surface area contributed by atoms with E-state index in [1.165, 1.54) is 39.7 Å². The summed E-state index contributed by atoms with van der Waals surface area (Å²) in [7, 11) is 4.55. The van der Waals surface area contributed by atoms with E-state index in [0.717, 1.165) is 0 Å². The molecule has 0 spiro atoms. The second kappa shape index (κ2) is 8.87. The van der Waals surface area contributed by atoms with Crippen LogP contribution in [-0.4, -0.2) is 43.6 Å². The lowest BCUT2D eigenvalue weighted by Crippen LogP contribution is -2.18. The van der Waals surface area contributed by atoms with Crippen molar-refractivity contribution in [2.24, 2.45) is 5.10 Å². The molecule has 0 aliphatic heterocycles. The first-order valence-corrected chi connectivity index (χ1v) is 8.50. The maximum atomic E-state index is 13.0. The van der Waals surface area contributed by atoms with E-state index < -0.39 is 5.91 Å². The Morgan fingerprint density at radius 3 is 2.34 bits per heavy atom. The monoisotopic (exact) mass is 398 g/mol. The van der Waals surface area contributed by atoms with E-state index in [1.54, 1.807) is 30.3 Å². The van der Waals surface area contributed by atoms with Crippen molar-refractivity contribution in [3.05, 3.63) is 59.5 Å². The van der Waals surface area contributed by atoms with E-state index in [2.05, 4.69) is 20.7 Å². The number of hydrogen-bond acceptors (Lipinski definition) is 6. The Hall–Kier alpha value is -3.88. The molecule has 150 valence electrons. The molecular formula is C20H19FN4O4. The third-order valence-electron chi connectivity index (χ3n) is 4.07. The Morgan fingerprint density at radius 1 is 1.03 bits per heavy atom. The molecule has 1 aromatic heterocycles. The van der Waals surface area contributed by atoms with Crippen LogP contribution in [0.4, 0.5) is 4.39 Å². The van der Waals surface area contributed by atoms with Crippen LogP contribution in [0.25, 0.3) is 11.3 Å². The van der Waals surface area contributed by atoms with Crippen molar-refractivity contribution in [2.75, 3.05) is 21.3 Å². The Morgan fingerprint density at radius 2 is 1.69 bits per heavy atom. The van der Waals surface area contributed by atoms with Crippen LogP contribution < -0.4 is 19.6 Å². The summed E-state index contributed by atoms with van der Waals surface area (Å²) in [5.41, 5.74) is 4.40. The van der Waals surface area contributed by atoms with E-state index in [1.807, 2.05) is 0 Å². The number of nitrogens with zero attached hydrogens (tertiary/aromatic N) is 2. The SMILES string of the molecule is COc1cc(OC)c(OC)cc1C=NNC(=O)c1cc(-c2ccc(F)cc2)n[nH]1. The number of hydrogen-bond donors (Lipinski definition) is 2. The number of aromatic amines is 1. The molecule has 2 N–H and O–H groups in total. The molecule has 0 aliphatic carbocycles. The highest BCUT2D eigenvalue weighted by molar-refractivity contribution is 5.94. The summed E-state index contributed by atoms with van der Waals surface area (Å²) in [6, 6.07) is 10.7. The van der Waals surface area contributed by atoms with Gasteiger partial charge in [0.25, 0.3) is 5.91 Å². The Kier molecular flexibility index (Phi) is 6.08. The van der Waals surface area contributed by atoms with Crippen LogP contribution in [0.2, 0.25) is 0 Å². The molecule has 9 heteroatoms. The summed E-state index contributed by atoms with van der Waals surface area (Å²) in [5, 5.41) is 10.6. The number of amides is 1. The van der Waals surface area contributed by atoms with E-state index in [0.29, 0.717) is 34.1 Å². The van der Waals surface area contributed by atoms with E-state index >= 15 is 0 Å². The molecule has 3 rings (SSSR count). The van der Waals surface area contributed by atoms with Crippen LogP contribution >= 0.6 is 0 Å². The molecular weight excluding hydrogens is 379 g/mol. The van der Waals surface area contributed by atoms with Crippen molar-refractivity contribution in [2.45, 2.75) is 0 Å². The number of methoxy groups -OCH3 is 3. The number of nitrogens with one attached hydrogen (secondary N) is 2. The molecule has 0 unspecified atom stereocenters. The van der Waals surface area contributed by atoms with Crippen molar-refractivity contribution in [1.82, 2.24) is 15.6 Å². The van der Waals surface area contributed by atoms with E-state index in [9.17, 15) is 9.18 Å². The molecule has 0 saturated heterocycles. The number of carbonyl (C=O) groups excluding carboxylic acids is 1. The lowest BCUT2D eigenvalue weighted by atomic mass is 10.1. The zero-order chi connectivity index (χ0) is 20.8. The number of carbonyl (C=O) groups is 1. The minimum absolute atomic E-state index is 0.209. The van der Waals surface area contributed by atoms with Gasteiger partial charge in [-0.05, 0) is 36.4 Å². The summed E-state index contributed by atoms with van der Waals surface area (Å²) in [5.74, 6) is 0.680. The van der Waals surface area contributed by atoms with Gasteiger partial charge in [0.1, 0.15) is 17.3 Å². The minimum atomic E-state index is -0.485. The number of benzene rings is 2. The normalized spacial score (nSPS) is 10.8. The lowest BCUT2D eigenvalue weighted by Gasteiger charge is -2.11. The van der Waals surface area contributed by atoms with Gasteiger partial charge in [0.15, 0.2) is 11.5 Å². The van der Waals surface area contributed by atoms with Crippen molar-refractivity contribution in [1.29, 1.82) is 0 Å². The first kappa shape index (κ1) is 19.9. The van der Waals surface area contributed by atoms with Crippen molar-refractivity contribution >= 4 is 12.1 Å². The van der Waals surface area contributed by atoms with Gasteiger partial charge < -0.3 is 14.2 Å². The number of hydrazone groups is 1. The second-order valence-electron chi connectivity index (χ2n) is 5.82. The Bertz CT molecular complexity index is 1030. The fourth-order valence-electron chi connectivity index (χ4n) is 2.58. The summed E-state index contributed by atoms with van der Waals surface area (Å²) >= 11 is 0. The second-order valence-corrected chi connectivity index (χ2v) is 5.82. The number of rotatable bonds is 7.